The van der Waals surface area contributed by atoms with Gasteiger partial charge < -0.3 is 9.64 Å². The highest BCUT2D eigenvalue weighted by Gasteiger charge is 2.19. The SMILES string of the molecule is CC(C)Oc1ccc(-c2nn(C)c3ncnc(N(C)C)c23)cc1F. The highest BCUT2D eigenvalue weighted by Crippen LogP contribution is 2.33. The fourth-order valence-corrected chi connectivity index (χ4v) is 2.61. The van der Waals surface area contributed by atoms with Crippen molar-refractivity contribution in [2.75, 3.05) is 19.0 Å². The van der Waals surface area contributed by atoms with Gasteiger partial charge in [-0.1, -0.05) is 0 Å². The van der Waals surface area contributed by atoms with Gasteiger partial charge in [-0.25, -0.2) is 19.0 Å². The van der Waals surface area contributed by atoms with Crippen molar-refractivity contribution in [3.63, 3.8) is 0 Å². The summed E-state index contributed by atoms with van der Waals surface area (Å²) >= 11 is 0. The fourth-order valence-electron chi connectivity index (χ4n) is 2.61. The molecule has 0 aliphatic carbocycles. The molecule has 0 radical (unpaired) electrons. The van der Waals surface area contributed by atoms with E-state index in [2.05, 4.69) is 15.1 Å². The Kier molecular flexibility index (Phi) is 4.09. The van der Waals surface area contributed by atoms with Crippen LogP contribution in [0.15, 0.2) is 24.5 Å². The van der Waals surface area contributed by atoms with Crippen LogP contribution in [-0.4, -0.2) is 39.9 Å². The number of ether oxygens (including phenoxy) is 1. The lowest BCUT2D eigenvalue weighted by Gasteiger charge is -2.13. The third-order valence-corrected chi connectivity index (χ3v) is 3.59. The van der Waals surface area contributed by atoms with Gasteiger partial charge >= 0.3 is 0 Å². The minimum atomic E-state index is -0.414. The standard InChI is InChI=1S/C17H20FN5O/c1-10(2)24-13-7-6-11(8-12(13)18)15-14-16(22(3)4)19-9-20-17(14)23(5)21-15/h6-10H,1-5H3. The average Bonchev–Trinajstić information content (AvgIpc) is 2.86. The van der Waals surface area contributed by atoms with Gasteiger partial charge in [-0.3, -0.25) is 0 Å². The average molecular weight is 329 g/mol. The van der Waals surface area contributed by atoms with Gasteiger partial charge in [0.05, 0.1) is 11.5 Å². The fraction of sp³-hybridized carbons (Fsp3) is 0.353. The van der Waals surface area contributed by atoms with Gasteiger partial charge in [0.15, 0.2) is 17.2 Å². The van der Waals surface area contributed by atoms with Crippen molar-refractivity contribution in [1.29, 1.82) is 0 Å². The molecule has 2 heterocycles. The Morgan fingerprint density at radius 3 is 2.58 bits per heavy atom. The molecule has 0 saturated heterocycles. The second-order valence-corrected chi connectivity index (χ2v) is 6.07. The summed E-state index contributed by atoms with van der Waals surface area (Å²) in [5.74, 6) is 0.562. The minimum Gasteiger partial charge on any atom is -0.488 e. The predicted molar refractivity (Wildman–Crippen MR) is 91.8 cm³/mol. The van der Waals surface area contributed by atoms with Crippen molar-refractivity contribution in [2.45, 2.75) is 20.0 Å². The summed E-state index contributed by atoms with van der Waals surface area (Å²) in [6, 6.07) is 4.87. The van der Waals surface area contributed by atoms with Crippen LogP contribution in [0.2, 0.25) is 0 Å². The molecule has 2 aromatic heterocycles. The topological polar surface area (TPSA) is 56.1 Å². The van der Waals surface area contributed by atoms with Crippen LogP contribution in [0.1, 0.15) is 13.8 Å². The number of halogens is 1. The van der Waals surface area contributed by atoms with Gasteiger partial charge in [0.1, 0.15) is 17.8 Å². The van der Waals surface area contributed by atoms with E-state index in [0.29, 0.717) is 16.9 Å². The van der Waals surface area contributed by atoms with Crippen LogP contribution in [0, 0.1) is 5.82 Å². The molecular formula is C17H20FN5O. The summed E-state index contributed by atoms with van der Waals surface area (Å²) in [6.45, 7) is 3.72. The maximum atomic E-state index is 14.4. The lowest BCUT2D eigenvalue weighted by Crippen LogP contribution is -2.11. The third-order valence-electron chi connectivity index (χ3n) is 3.59. The molecule has 0 fully saturated rings. The number of aromatic nitrogens is 4. The summed E-state index contributed by atoms with van der Waals surface area (Å²) in [5.41, 5.74) is 2.01. The molecule has 0 N–H and O–H groups in total. The molecule has 7 heteroatoms. The van der Waals surface area contributed by atoms with Gasteiger partial charge in [0.25, 0.3) is 0 Å². The van der Waals surface area contributed by atoms with E-state index in [1.165, 1.54) is 12.4 Å². The van der Waals surface area contributed by atoms with Gasteiger partial charge in [-0.05, 0) is 32.0 Å². The van der Waals surface area contributed by atoms with E-state index in [4.69, 9.17) is 4.74 Å². The Labute approximate surface area is 139 Å². The highest BCUT2D eigenvalue weighted by molar-refractivity contribution is 5.99. The van der Waals surface area contributed by atoms with Crippen LogP contribution >= 0.6 is 0 Å². The number of fused-ring (bicyclic) bond motifs is 1. The molecule has 0 amide bonds. The first-order valence-electron chi connectivity index (χ1n) is 7.70. The number of hydrogen-bond donors (Lipinski definition) is 0. The first-order valence-corrected chi connectivity index (χ1v) is 7.70. The van der Waals surface area contributed by atoms with Crippen LogP contribution in [0.4, 0.5) is 10.2 Å². The van der Waals surface area contributed by atoms with Crippen LogP contribution in [0.3, 0.4) is 0 Å². The molecule has 126 valence electrons. The maximum Gasteiger partial charge on any atom is 0.165 e. The summed E-state index contributed by atoms with van der Waals surface area (Å²) in [6.07, 6.45) is 1.42. The van der Waals surface area contributed by atoms with Gasteiger partial charge in [0.2, 0.25) is 0 Å². The van der Waals surface area contributed by atoms with Crippen molar-refractivity contribution in [3.05, 3.63) is 30.3 Å². The Balaban J connectivity index is 2.18. The molecule has 0 bridgehead atoms. The highest BCUT2D eigenvalue weighted by atomic mass is 19.1. The number of rotatable bonds is 4. The van der Waals surface area contributed by atoms with Crippen LogP contribution in [-0.2, 0) is 7.05 Å². The summed E-state index contributed by atoms with van der Waals surface area (Å²) in [4.78, 5) is 10.5. The minimum absolute atomic E-state index is 0.0882. The number of benzene rings is 1. The first kappa shape index (κ1) is 16.2. The van der Waals surface area contributed by atoms with E-state index in [9.17, 15) is 4.39 Å². The molecule has 0 saturated carbocycles. The van der Waals surface area contributed by atoms with Crippen molar-refractivity contribution < 1.29 is 9.13 Å². The zero-order valence-electron chi connectivity index (χ0n) is 14.4. The van der Waals surface area contributed by atoms with Crippen molar-refractivity contribution in [1.82, 2.24) is 19.7 Å². The van der Waals surface area contributed by atoms with Gasteiger partial charge in [-0.15, -0.1) is 0 Å². The third kappa shape index (κ3) is 2.77. The molecule has 0 aliphatic rings. The van der Waals surface area contributed by atoms with E-state index >= 15 is 0 Å². The molecule has 3 aromatic rings. The second-order valence-electron chi connectivity index (χ2n) is 6.07. The molecule has 1 aromatic carbocycles. The Bertz CT molecular complexity index is 888. The maximum absolute atomic E-state index is 14.4. The van der Waals surface area contributed by atoms with Crippen LogP contribution < -0.4 is 9.64 Å². The summed E-state index contributed by atoms with van der Waals surface area (Å²) in [7, 11) is 5.61. The van der Waals surface area contributed by atoms with E-state index in [1.54, 1.807) is 16.8 Å². The first-order chi connectivity index (χ1) is 11.4. The quantitative estimate of drug-likeness (QED) is 0.736. The summed E-state index contributed by atoms with van der Waals surface area (Å²) < 4.78 is 21.5. The Hall–Kier alpha value is -2.70. The van der Waals surface area contributed by atoms with Crippen LogP contribution in [0.25, 0.3) is 22.3 Å². The normalized spacial score (nSPS) is 11.3. The zero-order chi connectivity index (χ0) is 17.4. The molecule has 6 nitrogen and oxygen atoms in total. The number of anilines is 1. The Morgan fingerprint density at radius 1 is 1.21 bits per heavy atom. The van der Waals surface area contributed by atoms with E-state index in [0.717, 1.165) is 11.2 Å². The Morgan fingerprint density at radius 2 is 1.96 bits per heavy atom. The van der Waals surface area contributed by atoms with E-state index in [-0.39, 0.29) is 11.9 Å². The number of hydrogen-bond acceptors (Lipinski definition) is 5. The summed E-state index contributed by atoms with van der Waals surface area (Å²) in [5, 5.41) is 5.31. The molecule has 3 rings (SSSR count). The molecule has 0 unspecified atom stereocenters. The monoisotopic (exact) mass is 329 g/mol. The molecule has 0 spiro atoms. The van der Waals surface area contributed by atoms with E-state index in [1.807, 2.05) is 39.9 Å². The van der Waals surface area contributed by atoms with Gasteiger partial charge in [-0.2, -0.15) is 5.10 Å². The van der Waals surface area contributed by atoms with Crippen molar-refractivity contribution >= 4 is 16.9 Å². The number of aryl methyl sites for hydroxylation is 1. The van der Waals surface area contributed by atoms with E-state index < -0.39 is 5.82 Å². The lowest BCUT2D eigenvalue weighted by molar-refractivity contribution is 0.231. The van der Waals surface area contributed by atoms with Crippen molar-refractivity contribution in [2.24, 2.45) is 7.05 Å². The molecular weight excluding hydrogens is 309 g/mol. The van der Waals surface area contributed by atoms with Crippen LogP contribution in [0.5, 0.6) is 5.75 Å². The van der Waals surface area contributed by atoms with Gasteiger partial charge in [0, 0.05) is 26.7 Å². The van der Waals surface area contributed by atoms with Crippen molar-refractivity contribution in [3.8, 4) is 17.0 Å². The largest absolute Gasteiger partial charge is 0.488 e. The smallest absolute Gasteiger partial charge is 0.165 e. The lowest BCUT2D eigenvalue weighted by atomic mass is 10.1. The second kappa shape index (κ2) is 6.07. The number of nitrogens with zero attached hydrogens (tertiary/aromatic N) is 5. The predicted octanol–water partition coefficient (Wildman–Crippen LogP) is 3.02. The molecule has 24 heavy (non-hydrogen) atoms. The molecule has 0 atom stereocenters. The zero-order valence-corrected chi connectivity index (χ0v) is 14.4. The molecule has 0 aliphatic heterocycles.